The molecular formula is C11H14NO5S-. The molecule has 0 radical (unpaired) electrons. The van der Waals surface area contributed by atoms with Crippen LogP contribution in [0.25, 0.3) is 0 Å². The largest absolute Gasteiger partial charge is 0.545 e. The molecule has 0 fully saturated rings. The number of aryl methyl sites for hydroxylation is 1. The molecule has 1 aromatic rings. The van der Waals surface area contributed by atoms with E-state index in [1.807, 2.05) is 0 Å². The van der Waals surface area contributed by atoms with Gasteiger partial charge in [-0.15, -0.1) is 0 Å². The fraction of sp³-hybridized carbons (Fsp3) is 0.364. The van der Waals surface area contributed by atoms with Crippen LogP contribution in [0.4, 0.5) is 0 Å². The van der Waals surface area contributed by atoms with Gasteiger partial charge in [0.2, 0.25) is 10.0 Å². The van der Waals surface area contributed by atoms with Gasteiger partial charge in [-0.25, -0.2) is 8.42 Å². The van der Waals surface area contributed by atoms with Crippen molar-refractivity contribution in [3.63, 3.8) is 0 Å². The number of hydrogen-bond acceptors (Lipinski definition) is 5. The Kier molecular flexibility index (Phi) is 4.44. The third-order valence-electron chi connectivity index (χ3n) is 2.53. The predicted molar refractivity (Wildman–Crippen MR) is 62.4 cm³/mol. The van der Waals surface area contributed by atoms with Gasteiger partial charge in [-0.2, -0.15) is 4.31 Å². The Morgan fingerprint density at radius 1 is 1.44 bits per heavy atom. The Balaban J connectivity index is 3.31. The van der Waals surface area contributed by atoms with E-state index in [1.54, 1.807) is 6.92 Å². The van der Waals surface area contributed by atoms with Crippen LogP contribution >= 0.6 is 0 Å². The minimum Gasteiger partial charge on any atom is -0.545 e. The van der Waals surface area contributed by atoms with Gasteiger partial charge in [-0.3, -0.25) is 0 Å². The lowest BCUT2D eigenvalue weighted by atomic mass is 10.1. The number of carboxylic acids is 1. The molecule has 0 bridgehead atoms. The summed E-state index contributed by atoms with van der Waals surface area (Å²) in [7, 11) is -2.49. The number of likely N-dealkylation sites (N-methyl/N-ethyl adjacent to an activating group) is 1. The number of aromatic carboxylic acids is 1. The normalized spacial score (nSPS) is 11.8. The van der Waals surface area contributed by atoms with E-state index in [4.69, 9.17) is 5.11 Å². The van der Waals surface area contributed by atoms with Crippen molar-refractivity contribution < 1.29 is 23.4 Å². The maximum atomic E-state index is 12.1. The lowest BCUT2D eigenvalue weighted by molar-refractivity contribution is -0.255. The molecule has 0 aliphatic rings. The molecule has 0 aliphatic carbocycles. The zero-order chi connectivity index (χ0) is 13.9. The second-order valence-corrected chi connectivity index (χ2v) is 5.83. The van der Waals surface area contributed by atoms with E-state index < -0.39 is 16.0 Å². The molecule has 7 heteroatoms. The first-order valence-corrected chi connectivity index (χ1v) is 6.64. The lowest BCUT2D eigenvalue weighted by Crippen LogP contribution is -2.30. The van der Waals surface area contributed by atoms with Gasteiger partial charge in [0.05, 0.1) is 17.5 Å². The van der Waals surface area contributed by atoms with Crippen LogP contribution in [0.15, 0.2) is 23.1 Å². The summed E-state index contributed by atoms with van der Waals surface area (Å²) in [6, 6.07) is 3.76. The molecule has 0 saturated heterocycles. The van der Waals surface area contributed by atoms with Crippen LogP contribution in [0.2, 0.25) is 0 Å². The zero-order valence-electron chi connectivity index (χ0n) is 10.1. The fourth-order valence-electron chi connectivity index (χ4n) is 1.43. The second kappa shape index (κ2) is 5.47. The number of nitrogens with zero attached hydrogens (tertiary/aromatic N) is 1. The van der Waals surface area contributed by atoms with E-state index in [-0.39, 0.29) is 23.6 Å². The van der Waals surface area contributed by atoms with Crippen molar-refractivity contribution in [3.05, 3.63) is 29.3 Å². The number of benzene rings is 1. The molecular weight excluding hydrogens is 258 g/mol. The molecule has 0 spiro atoms. The average Bonchev–Trinajstić information content (AvgIpc) is 2.29. The van der Waals surface area contributed by atoms with Gasteiger partial charge in [0, 0.05) is 13.6 Å². The summed E-state index contributed by atoms with van der Waals surface area (Å²) in [5.41, 5.74) is 0.237. The van der Waals surface area contributed by atoms with E-state index >= 15 is 0 Å². The number of hydrogen-bond donors (Lipinski definition) is 1. The molecule has 18 heavy (non-hydrogen) atoms. The molecule has 0 unspecified atom stereocenters. The Morgan fingerprint density at radius 3 is 2.56 bits per heavy atom. The Hall–Kier alpha value is -1.44. The number of rotatable bonds is 5. The van der Waals surface area contributed by atoms with Crippen molar-refractivity contribution >= 4 is 16.0 Å². The standard InChI is InChI=1S/C11H15NO5S/c1-8-3-4-9(11(14)15)7-10(8)18(16,17)12(2)5-6-13/h3-4,7,13H,5-6H2,1-2H3,(H,14,15)/p-1. The number of aliphatic hydroxyl groups is 1. The first-order chi connectivity index (χ1) is 8.30. The average molecular weight is 272 g/mol. The molecule has 0 saturated carbocycles. The highest BCUT2D eigenvalue weighted by Crippen LogP contribution is 2.20. The highest BCUT2D eigenvalue weighted by molar-refractivity contribution is 7.89. The van der Waals surface area contributed by atoms with Crippen LogP contribution in [0.1, 0.15) is 15.9 Å². The van der Waals surface area contributed by atoms with Crippen LogP contribution in [0.5, 0.6) is 0 Å². The minimum atomic E-state index is -3.81. The molecule has 6 nitrogen and oxygen atoms in total. The summed E-state index contributed by atoms with van der Waals surface area (Å²) in [5, 5.41) is 19.5. The summed E-state index contributed by atoms with van der Waals surface area (Å²) in [6.45, 7) is 1.20. The SMILES string of the molecule is Cc1ccc(C(=O)[O-])cc1S(=O)(=O)N(C)CCO. The third kappa shape index (κ3) is 2.87. The first-order valence-electron chi connectivity index (χ1n) is 5.20. The van der Waals surface area contributed by atoms with Gasteiger partial charge in [0.25, 0.3) is 0 Å². The van der Waals surface area contributed by atoms with Crippen molar-refractivity contribution in [1.29, 1.82) is 0 Å². The van der Waals surface area contributed by atoms with Crippen molar-refractivity contribution in [3.8, 4) is 0 Å². The van der Waals surface area contributed by atoms with E-state index in [2.05, 4.69) is 0 Å². The van der Waals surface area contributed by atoms with Crippen LogP contribution in [-0.2, 0) is 10.0 Å². The number of carbonyl (C=O) groups excluding carboxylic acids is 1. The molecule has 0 heterocycles. The van der Waals surface area contributed by atoms with Crippen molar-refractivity contribution in [2.24, 2.45) is 0 Å². The van der Waals surface area contributed by atoms with Crippen LogP contribution in [-0.4, -0.2) is 44.0 Å². The number of sulfonamides is 1. The Labute approximate surface area is 106 Å². The van der Waals surface area contributed by atoms with E-state index in [1.165, 1.54) is 19.2 Å². The summed E-state index contributed by atoms with van der Waals surface area (Å²) < 4.78 is 25.2. The molecule has 0 aliphatic heterocycles. The smallest absolute Gasteiger partial charge is 0.243 e. The summed E-state index contributed by atoms with van der Waals surface area (Å²) in [6.07, 6.45) is 0. The van der Waals surface area contributed by atoms with Crippen LogP contribution in [0, 0.1) is 6.92 Å². The fourth-order valence-corrected chi connectivity index (χ4v) is 2.84. The van der Waals surface area contributed by atoms with Crippen molar-refractivity contribution in [1.82, 2.24) is 4.31 Å². The number of aliphatic hydroxyl groups excluding tert-OH is 1. The lowest BCUT2D eigenvalue weighted by Gasteiger charge is -2.18. The summed E-state index contributed by atoms with van der Waals surface area (Å²) in [5.74, 6) is -1.43. The van der Waals surface area contributed by atoms with Crippen LogP contribution < -0.4 is 5.11 Å². The van der Waals surface area contributed by atoms with Gasteiger partial charge in [-0.05, 0) is 24.1 Å². The first kappa shape index (κ1) is 14.6. The monoisotopic (exact) mass is 272 g/mol. The van der Waals surface area contributed by atoms with Crippen LogP contribution in [0.3, 0.4) is 0 Å². The quantitative estimate of drug-likeness (QED) is 0.739. The van der Waals surface area contributed by atoms with Crippen molar-refractivity contribution in [2.75, 3.05) is 20.2 Å². The third-order valence-corrected chi connectivity index (χ3v) is 4.53. The van der Waals surface area contributed by atoms with E-state index in [0.717, 1.165) is 10.4 Å². The van der Waals surface area contributed by atoms with Gasteiger partial charge < -0.3 is 15.0 Å². The van der Waals surface area contributed by atoms with Crippen molar-refractivity contribution in [2.45, 2.75) is 11.8 Å². The van der Waals surface area contributed by atoms with E-state index in [9.17, 15) is 18.3 Å². The molecule has 1 aromatic carbocycles. The molecule has 0 atom stereocenters. The Morgan fingerprint density at radius 2 is 2.06 bits per heavy atom. The summed E-state index contributed by atoms with van der Waals surface area (Å²) >= 11 is 0. The molecule has 0 aromatic heterocycles. The summed E-state index contributed by atoms with van der Waals surface area (Å²) in [4.78, 5) is 10.6. The zero-order valence-corrected chi connectivity index (χ0v) is 10.9. The Bertz CT molecular complexity index is 553. The maximum absolute atomic E-state index is 12.1. The molecule has 1 rings (SSSR count). The topological polar surface area (TPSA) is 97.7 Å². The maximum Gasteiger partial charge on any atom is 0.243 e. The van der Waals surface area contributed by atoms with Gasteiger partial charge >= 0.3 is 0 Å². The second-order valence-electron chi connectivity index (χ2n) is 3.82. The van der Waals surface area contributed by atoms with Gasteiger partial charge in [-0.1, -0.05) is 12.1 Å². The highest BCUT2D eigenvalue weighted by atomic mass is 32.2. The van der Waals surface area contributed by atoms with Gasteiger partial charge in [0.1, 0.15) is 0 Å². The van der Waals surface area contributed by atoms with E-state index in [0.29, 0.717) is 5.56 Å². The number of carboxylic acid groups (broad SMARTS) is 1. The predicted octanol–water partition coefficient (Wildman–Crippen LogP) is -1.03. The molecule has 0 amide bonds. The molecule has 100 valence electrons. The highest BCUT2D eigenvalue weighted by Gasteiger charge is 2.22. The van der Waals surface area contributed by atoms with Gasteiger partial charge in [0.15, 0.2) is 0 Å². The molecule has 1 N–H and O–H groups in total. The minimum absolute atomic E-state index is 0.0582. The number of carbonyl (C=O) groups is 1.